The molecular formula is C18H29ClN2O4S. The van der Waals surface area contributed by atoms with Gasteiger partial charge in [0.15, 0.2) is 9.84 Å². The summed E-state index contributed by atoms with van der Waals surface area (Å²) in [7, 11) is -1.77. The summed E-state index contributed by atoms with van der Waals surface area (Å²) in [6.07, 6.45) is 1.84. The quantitative estimate of drug-likeness (QED) is 0.689. The van der Waals surface area contributed by atoms with Crippen molar-refractivity contribution in [1.82, 2.24) is 10.6 Å². The average Bonchev–Trinajstić information content (AvgIpc) is 2.60. The van der Waals surface area contributed by atoms with Gasteiger partial charge in [-0.05, 0) is 45.0 Å². The molecule has 0 atom stereocenters. The fraction of sp³-hybridized carbons (Fsp3) is 0.611. The van der Waals surface area contributed by atoms with Crippen LogP contribution in [-0.4, -0.2) is 53.4 Å². The maximum atomic E-state index is 12.3. The molecule has 0 radical (unpaired) electrons. The van der Waals surface area contributed by atoms with Gasteiger partial charge in [0.1, 0.15) is 0 Å². The summed E-state index contributed by atoms with van der Waals surface area (Å²) < 4.78 is 29.9. The van der Waals surface area contributed by atoms with Gasteiger partial charge < -0.3 is 15.4 Å². The van der Waals surface area contributed by atoms with Gasteiger partial charge in [-0.1, -0.05) is 17.7 Å². The van der Waals surface area contributed by atoms with Gasteiger partial charge in [0, 0.05) is 25.5 Å². The molecule has 0 aromatic heterocycles. The number of rotatable bonds is 8. The number of sulfone groups is 1. The van der Waals surface area contributed by atoms with Crippen LogP contribution in [0.2, 0.25) is 0 Å². The Hall–Kier alpha value is -1.15. The zero-order valence-electron chi connectivity index (χ0n) is 15.4. The molecule has 148 valence electrons. The van der Waals surface area contributed by atoms with Crippen molar-refractivity contribution < 1.29 is 17.9 Å². The molecule has 0 saturated carbocycles. The lowest BCUT2D eigenvalue weighted by Crippen LogP contribution is -2.47. The van der Waals surface area contributed by atoms with Crippen molar-refractivity contribution in [3.63, 3.8) is 0 Å². The van der Waals surface area contributed by atoms with E-state index in [1.54, 1.807) is 31.4 Å². The highest BCUT2D eigenvalue weighted by atomic mass is 35.5. The summed E-state index contributed by atoms with van der Waals surface area (Å²) in [5.41, 5.74) is 0.938. The number of aryl methyl sites for hydroxylation is 1. The lowest BCUT2D eigenvalue weighted by Gasteiger charge is -2.37. The van der Waals surface area contributed by atoms with Crippen LogP contribution in [-0.2, 0) is 19.4 Å². The van der Waals surface area contributed by atoms with E-state index in [1.165, 1.54) is 0 Å². The number of ether oxygens (including phenoxy) is 1. The Morgan fingerprint density at radius 3 is 2.42 bits per heavy atom. The summed E-state index contributed by atoms with van der Waals surface area (Å²) in [5.74, 6) is -0.412. The van der Waals surface area contributed by atoms with Crippen LogP contribution < -0.4 is 10.6 Å². The van der Waals surface area contributed by atoms with Gasteiger partial charge in [0.05, 0.1) is 17.3 Å². The molecule has 26 heavy (non-hydrogen) atoms. The van der Waals surface area contributed by atoms with E-state index in [0.29, 0.717) is 13.2 Å². The molecule has 1 aromatic carbocycles. The van der Waals surface area contributed by atoms with Gasteiger partial charge in [0.25, 0.3) is 0 Å². The van der Waals surface area contributed by atoms with E-state index >= 15 is 0 Å². The lowest BCUT2D eigenvalue weighted by atomic mass is 9.79. The summed E-state index contributed by atoms with van der Waals surface area (Å²) in [6.45, 7) is 4.82. The first-order chi connectivity index (χ1) is 11.9. The van der Waals surface area contributed by atoms with Crippen LogP contribution in [0.1, 0.15) is 24.8 Å². The summed E-state index contributed by atoms with van der Waals surface area (Å²) in [4.78, 5) is 12.4. The maximum Gasteiger partial charge on any atom is 0.221 e. The van der Waals surface area contributed by atoms with Gasteiger partial charge in [-0.3, -0.25) is 4.79 Å². The van der Waals surface area contributed by atoms with E-state index in [-0.39, 0.29) is 40.8 Å². The van der Waals surface area contributed by atoms with Gasteiger partial charge >= 0.3 is 0 Å². The average molecular weight is 405 g/mol. The number of piperidine rings is 1. The van der Waals surface area contributed by atoms with Gasteiger partial charge in [-0.2, -0.15) is 0 Å². The predicted molar refractivity (Wildman–Crippen MR) is 105 cm³/mol. The molecule has 1 fully saturated rings. The van der Waals surface area contributed by atoms with Crippen LogP contribution in [0.4, 0.5) is 0 Å². The minimum Gasteiger partial charge on any atom is -0.384 e. The highest BCUT2D eigenvalue weighted by molar-refractivity contribution is 7.91. The van der Waals surface area contributed by atoms with Crippen molar-refractivity contribution in [3.05, 3.63) is 29.8 Å². The normalized spacial score (nSPS) is 16.5. The minimum absolute atomic E-state index is 0. The molecule has 0 spiro atoms. The molecule has 0 bridgehead atoms. The van der Waals surface area contributed by atoms with E-state index in [9.17, 15) is 13.2 Å². The van der Waals surface area contributed by atoms with E-state index in [4.69, 9.17) is 4.74 Å². The maximum absolute atomic E-state index is 12.3. The zero-order valence-corrected chi connectivity index (χ0v) is 17.0. The van der Waals surface area contributed by atoms with Gasteiger partial charge in [-0.15, -0.1) is 12.4 Å². The van der Waals surface area contributed by atoms with Crippen molar-refractivity contribution >= 4 is 28.2 Å². The molecule has 1 saturated heterocycles. The predicted octanol–water partition coefficient (Wildman–Crippen LogP) is 1.71. The zero-order chi connectivity index (χ0) is 18.3. The highest BCUT2D eigenvalue weighted by Gasteiger charge is 2.32. The number of carbonyl (C=O) groups is 1. The molecule has 1 aliphatic heterocycles. The first kappa shape index (κ1) is 22.9. The van der Waals surface area contributed by atoms with Gasteiger partial charge in [0.2, 0.25) is 5.91 Å². The topological polar surface area (TPSA) is 84.5 Å². The number of amides is 1. The van der Waals surface area contributed by atoms with Crippen molar-refractivity contribution in [2.24, 2.45) is 5.41 Å². The molecular weight excluding hydrogens is 376 g/mol. The fourth-order valence-electron chi connectivity index (χ4n) is 3.10. The van der Waals surface area contributed by atoms with Crippen LogP contribution in [0.25, 0.3) is 0 Å². The third-order valence-corrected chi connectivity index (χ3v) is 6.49. The lowest BCUT2D eigenvalue weighted by molar-refractivity contribution is -0.121. The van der Waals surface area contributed by atoms with Crippen LogP contribution in [0.5, 0.6) is 0 Å². The van der Waals surface area contributed by atoms with Gasteiger partial charge in [-0.25, -0.2) is 8.42 Å². The Bertz CT molecular complexity index is 665. The third kappa shape index (κ3) is 6.54. The standard InChI is InChI=1S/C18H28N2O4S.ClH/c1-15-3-5-16(6-4-15)25(22,23)12-7-17(21)20-13-18(14-24-2)8-10-19-11-9-18;/h3-6,19H,7-14H2,1-2H3,(H,20,21);1H. The number of methoxy groups -OCH3 is 1. The number of hydrogen-bond donors (Lipinski definition) is 2. The van der Waals surface area contributed by atoms with Crippen molar-refractivity contribution in [2.45, 2.75) is 31.1 Å². The monoisotopic (exact) mass is 404 g/mol. The van der Waals surface area contributed by atoms with Crippen LogP contribution >= 0.6 is 12.4 Å². The number of hydrogen-bond acceptors (Lipinski definition) is 5. The summed E-state index contributed by atoms with van der Waals surface area (Å²) >= 11 is 0. The van der Waals surface area contributed by atoms with E-state index in [2.05, 4.69) is 10.6 Å². The highest BCUT2D eigenvalue weighted by Crippen LogP contribution is 2.28. The fourth-order valence-corrected chi connectivity index (χ4v) is 4.34. The number of nitrogens with one attached hydrogen (secondary N) is 2. The first-order valence-corrected chi connectivity index (χ1v) is 10.3. The van der Waals surface area contributed by atoms with E-state index < -0.39 is 9.84 Å². The molecule has 1 amide bonds. The molecule has 1 aromatic rings. The summed E-state index contributed by atoms with van der Waals surface area (Å²) in [5, 5.41) is 6.21. The molecule has 0 aliphatic carbocycles. The third-order valence-electron chi connectivity index (χ3n) is 4.75. The summed E-state index contributed by atoms with van der Waals surface area (Å²) in [6, 6.07) is 6.70. The van der Waals surface area contributed by atoms with Crippen molar-refractivity contribution in [1.29, 1.82) is 0 Å². The molecule has 1 heterocycles. The molecule has 2 rings (SSSR count). The van der Waals surface area contributed by atoms with Crippen molar-refractivity contribution in [3.8, 4) is 0 Å². The smallest absolute Gasteiger partial charge is 0.221 e. The molecule has 2 N–H and O–H groups in total. The largest absolute Gasteiger partial charge is 0.384 e. The second kappa shape index (κ2) is 10.3. The van der Waals surface area contributed by atoms with E-state index in [1.807, 2.05) is 6.92 Å². The number of halogens is 1. The Kier molecular flexibility index (Phi) is 9.03. The SMILES string of the molecule is COCC1(CNC(=O)CCS(=O)(=O)c2ccc(C)cc2)CCNCC1.Cl. The molecule has 1 aliphatic rings. The second-order valence-corrected chi connectivity index (χ2v) is 8.95. The van der Waals surface area contributed by atoms with E-state index in [0.717, 1.165) is 31.5 Å². The second-order valence-electron chi connectivity index (χ2n) is 6.84. The first-order valence-electron chi connectivity index (χ1n) is 8.63. The minimum atomic E-state index is -3.44. The molecule has 8 heteroatoms. The van der Waals surface area contributed by atoms with Crippen LogP contribution in [0.3, 0.4) is 0 Å². The number of carbonyl (C=O) groups excluding carboxylic acids is 1. The van der Waals surface area contributed by atoms with Crippen LogP contribution in [0.15, 0.2) is 29.2 Å². The molecule has 0 unspecified atom stereocenters. The Morgan fingerprint density at radius 1 is 1.23 bits per heavy atom. The van der Waals surface area contributed by atoms with Crippen molar-refractivity contribution in [2.75, 3.05) is 39.1 Å². The van der Waals surface area contributed by atoms with Crippen LogP contribution in [0, 0.1) is 12.3 Å². The molecule has 6 nitrogen and oxygen atoms in total. The Morgan fingerprint density at radius 2 is 1.85 bits per heavy atom. The number of benzene rings is 1. The Labute approximate surface area is 162 Å². The Balaban J connectivity index is 0.00000338.